The van der Waals surface area contributed by atoms with Crippen molar-refractivity contribution in [2.75, 3.05) is 17.1 Å². The van der Waals surface area contributed by atoms with Crippen LogP contribution in [0.25, 0.3) is 0 Å². The van der Waals surface area contributed by atoms with E-state index in [0.29, 0.717) is 17.1 Å². The molecular formula is C21H20N2O4S. The first kappa shape index (κ1) is 19.4. The fraction of sp³-hybridized carbons (Fsp3) is 0.0952. The van der Waals surface area contributed by atoms with Gasteiger partial charge in [-0.05, 0) is 42.0 Å². The van der Waals surface area contributed by atoms with Gasteiger partial charge in [0.2, 0.25) is 5.91 Å². The molecule has 0 spiro atoms. The molecule has 144 valence electrons. The molecule has 0 aliphatic heterocycles. The van der Waals surface area contributed by atoms with Crippen LogP contribution in [0.4, 0.5) is 11.4 Å². The van der Waals surface area contributed by atoms with Gasteiger partial charge in [-0.1, -0.05) is 36.4 Å². The van der Waals surface area contributed by atoms with Gasteiger partial charge in [-0.25, -0.2) is 8.42 Å². The van der Waals surface area contributed by atoms with Crippen LogP contribution in [0.2, 0.25) is 0 Å². The summed E-state index contributed by atoms with van der Waals surface area (Å²) in [6, 6.07) is 22.0. The maximum atomic E-state index is 12.5. The molecule has 0 atom stereocenters. The van der Waals surface area contributed by atoms with E-state index in [1.54, 1.807) is 36.4 Å². The molecule has 0 bridgehead atoms. The van der Waals surface area contributed by atoms with E-state index in [1.807, 2.05) is 30.3 Å². The van der Waals surface area contributed by atoms with Crippen LogP contribution >= 0.6 is 0 Å². The largest absolute Gasteiger partial charge is 0.497 e. The molecule has 28 heavy (non-hydrogen) atoms. The molecule has 3 aromatic rings. The lowest BCUT2D eigenvalue weighted by Gasteiger charge is -2.10. The fourth-order valence-electron chi connectivity index (χ4n) is 2.60. The van der Waals surface area contributed by atoms with Crippen molar-refractivity contribution >= 4 is 27.3 Å². The second-order valence-corrected chi connectivity index (χ2v) is 7.75. The number of benzene rings is 3. The van der Waals surface area contributed by atoms with E-state index in [1.165, 1.54) is 19.2 Å². The van der Waals surface area contributed by atoms with Crippen LogP contribution in [0.15, 0.2) is 83.8 Å². The molecule has 0 aliphatic carbocycles. The number of ether oxygens (including phenoxy) is 1. The summed E-state index contributed by atoms with van der Waals surface area (Å²) in [5.74, 6) is 0.382. The van der Waals surface area contributed by atoms with Crippen molar-refractivity contribution in [3.63, 3.8) is 0 Å². The molecule has 0 unspecified atom stereocenters. The van der Waals surface area contributed by atoms with E-state index in [4.69, 9.17) is 4.74 Å². The second-order valence-electron chi connectivity index (χ2n) is 6.07. The summed E-state index contributed by atoms with van der Waals surface area (Å²) in [5, 5.41) is 2.76. The van der Waals surface area contributed by atoms with Crippen molar-refractivity contribution in [2.24, 2.45) is 0 Å². The first-order valence-electron chi connectivity index (χ1n) is 8.57. The van der Waals surface area contributed by atoms with Gasteiger partial charge in [0.05, 0.1) is 24.1 Å². The predicted octanol–water partition coefficient (Wildman–Crippen LogP) is 3.68. The molecule has 1 amide bonds. The van der Waals surface area contributed by atoms with E-state index < -0.39 is 10.0 Å². The Balaban J connectivity index is 1.66. The summed E-state index contributed by atoms with van der Waals surface area (Å²) in [6.07, 6.45) is 0.248. The molecule has 0 saturated carbocycles. The number of anilines is 2. The zero-order valence-electron chi connectivity index (χ0n) is 15.3. The van der Waals surface area contributed by atoms with Gasteiger partial charge in [-0.2, -0.15) is 0 Å². The van der Waals surface area contributed by atoms with Crippen LogP contribution in [0, 0.1) is 0 Å². The molecule has 6 nitrogen and oxygen atoms in total. The van der Waals surface area contributed by atoms with Gasteiger partial charge in [0, 0.05) is 11.8 Å². The van der Waals surface area contributed by atoms with Gasteiger partial charge in [-0.15, -0.1) is 0 Å². The second kappa shape index (κ2) is 8.58. The van der Waals surface area contributed by atoms with E-state index in [0.717, 1.165) is 5.56 Å². The third-order valence-electron chi connectivity index (χ3n) is 3.98. The van der Waals surface area contributed by atoms with Crippen LogP contribution in [0.3, 0.4) is 0 Å². The lowest BCUT2D eigenvalue weighted by atomic mass is 10.1. The Kier molecular flexibility index (Phi) is 5.96. The zero-order valence-corrected chi connectivity index (χ0v) is 16.1. The number of hydrogen-bond donors (Lipinski definition) is 2. The van der Waals surface area contributed by atoms with Gasteiger partial charge < -0.3 is 10.1 Å². The highest BCUT2D eigenvalue weighted by Gasteiger charge is 2.15. The molecule has 0 fully saturated rings. The molecule has 3 rings (SSSR count). The van der Waals surface area contributed by atoms with Crippen LogP contribution in [-0.4, -0.2) is 21.4 Å². The Bertz CT molecular complexity index is 1050. The number of carbonyl (C=O) groups is 1. The monoisotopic (exact) mass is 396 g/mol. The SMILES string of the molecule is COc1cccc(NS(=O)(=O)c2ccc(NC(=O)Cc3ccccc3)cc2)c1. The fourth-order valence-corrected chi connectivity index (χ4v) is 3.65. The van der Waals surface area contributed by atoms with Crippen molar-refractivity contribution in [3.8, 4) is 5.75 Å². The Morgan fingerprint density at radius 2 is 1.61 bits per heavy atom. The molecule has 7 heteroatoms. The van der Waals surface area contributed by atoms with Gasteiger partial charge in [0.15, 0.2) is 0 Å². The quantitative estimate of drug-likeness (QED) is 0.638. The van der Waals surface area contributed by atoms with E-state index in [-0.39, 0.29) is 17.2 Å². The third kappa shape index (κ3) is 5.11. The van der Waals surface area contributed by atoms with Gasteiger partial charge in [-0.3, -0.25) is 9.52 Å². The lowest BCUT2D eigenvalue weighted by molar-refractivity contribution is -0.115. The summed E-state index contributed by atoms with van der Waals surface area (Å²) < 4.78 is 32.7. The summed E-state index contributed by atoms with van der Waals surface area (Å²) in [4.78, 5) is 12.2. The minimum Gasteiger partial charge on any atom is -0.497 e. The summed E-state index contributed by atoms with van der Waals surface area (Å²) in [7, 11) is -2.24. The van der Waals surface area contributed by atoms with E-state index >= 15 is 0 Å². The van der Waals surface area contributed by atoms with E-state index in [2.05, 4.69) is 10.0 Å². The van der Waals surface area contributed by atoms with Gasteiger partial charge in [0.25, 0.3) is 10.0 Å². The van der Waals surface area contributed by atoms with Crippen LogP contribution in [-0.2, 0) is 21.2 Å². The highest BCUT2D eigenvalue weighted by molar-refractivity contribution is 7.92. The van der Waals surface area contributed by atoms with Crippen molar-refractivity contribution in [1.82, 2.24) is 0 Å². The number of rotatable bonds is 7. The molecule has 0 aliphatic rings. The van der Waals surface area contributed by atoms with Crippen molar-refractivity contribution < 1.29 is 17.9 Å². The highest BCUT2D eigenvalue weighted by atomic mass is 32.2. The minimum absolute atomic E-state index is 0.0939. The molecule has 0 radical (unpaired) electrons. The standard InChI is InChI=1S/C21H20N2O4S/c1-27-19-9-5-8-18(15-19)23-28(25,26)20-12-10-17(11-13-20)22-21(24)14-16-6-3-2-4-7-16/h2-13,15,23H,14H2,1H3,(H,22,24). The number of nitrogens with one attached hydrogen (secondary N) is 2. The highest BCUT2D eigenvalue weighted by Crippen LogP contribution is 2.21. The van der Waals surface area contributed by atoms with Gasteiger partial charge in [0.1, 0.15) is 5.75 Å². The smallest absolute Gasteiger partial charge is 0.261 e. The normalized spacial score (nSPS) is 10.9. The summed E-state index contributed by atoms with van der Waals surface area (Å²) in [6.45, 7) is 0. The topological polar surface area (TPSA) is 84.5 Å². The summed E-state index contributed by atoms with van der Waals surface area (Å²) >= 11 is 0. The first-order valence-corrected chi connectivity index (χ1v) is 10.1. The zero-order chi connectivity index (χ0) is 20.0. The van der Waals surface area contributed by atoms with Gasteiger partial charge >= 0.3 is 0 Å². The Labute approximate surface area is 164 Å². The average molecular weight is 396 g/mol. The number of amides is 1. The maximum Gasteiger partial charge on any atom is 0.261 e. The van der Waals surface area contributed by atoms with Crippen molar-refractivity contribution in [3.05, 3.63) is 84.4 Å². The molecule has 0 heterocycles. The number of methoxy groups -OCH3 is 1. The number of sulfonamides is 1. The molecule has 0 aromatic heterocycles. The van der Waals surface area contributed by atoms with E-state index in [9.17, 15) is 13.2 Å². The van der Waals surface area contributed by atoms with Crippen molar-refractivity contribution in [1.29, 1.82) is 0 Å². The third-order valence-corrected chi connectivity index (χ3v) is 5.38. The molecular weight excluding hydrogens is 376 g/mol. The molecule has 2 N–H and O–H groups in total. The first-order chi connectivity index (χ1) is 13.5. The summed E-state index contributed by atoms with van der Waals surface area (Å²) in [5.41, 5.74) is 1.84. The predicted molar refractivity (Wildman–Crippen MR) is 109 cm³/mol. The molecule has 3 aromatic carbocycles. The Hall–Kier alpha value is -3.32. The van der Waals surface area contributed by atoms with Crippen LogP contribution in [0.1, 0.15) is 5.56 Å². The van der Waals surface area contributed by atoms with Crippen LogP contribution < -0.4 is 14.8 Å². The molecule has 0 saturated heterocycles. The minimum atomic E-state index is -3.75. The maximum absolute atomic E-state index is 12.5. The van der Waals surface area contributed by atoms with Crippen molar-refractivity contribution in [2.45, 2.75) is 11.3 Å². The Morgan fingerprint density at radius 3 is 2.29 bits per heavy atom. The van der Waals surface area contributed by atoms with Crippen LogP contribution in [0.5, 0.6) is 5.75 Å². The number of hydrogen-bond acceptors (Lipinski definition) is 4. The Morgan fingerprint density at radius 1 is 0.893 bits per heavy atom. The average Bonchev–Trinajstić information content (AvgIpc) is 2.69. The number of carbonyl (C=O) groups excluding carboxylic acids is 1. The lowest BCUT2D eigenvalue weighted by Crippen LogP contribution is -2.15.